The van der Waals surface area contributed by atoms with Crippen LogP contribution in [0.1, 0.15) is 32.6 Å². The topological polar surface area (TPSA) is 42.0 Å². The van der Waals surface area contributed by atoms with Crippen molar-refractivity contribution in [1.29, 1.82) is 0 Å². The van der Waals surface area contributed by atoms with E-state index >= 15 is 0 Å². The molecule has 0 aliphatic carbocycles. The van der Waals surface area contributed by atoms with E-state index in [2.05, 4.69) is 36.3 Å². The third-order valence-corrected chi connectivity index (χ3v) is 4.80. The number of amides is 1. The van der Waals surface area contributed by atoms with Gasteiger partial charge in [0.05, 0.1) is 10.2 Å². The molecule has 1 amide bonds. The van der Waals surface area contributed by atoms with Crippen molar-refractivity contribution in [3.8, 4) is 0 Å². The van der Waals surface area contributed by atoms with Crippen molar-refractivity contribution in [3.63, 3.8) is 0 Å². The number of aryl methyl sites for hydroxylation is 4. The largest absolute Gasteiger partial charge is 0.298 e. The quantitative estimate of drug-likeness (QED) is 0.740. The second-order valence-electron chi connectivity index (χ2n) is 5.70. The van der Waals surface area contributed by atoms with Gasteiger partial charge in [0.2, 0.25) is 0 Å². The van der Waals surface area contributed by atoms with Crippen LogP contribution in [-0.2, 0) is 0 Å². The average Bonchev–Trinajstić information content (AvgIpc) is 2.83. The molecule has 0 bridgehead atoms. The lowest BCUT2D eigenvalue weighted by atomic mass is 10.1. The van der Waals surface area contributed by atoms with E-state index < -0.39 is 0 Å². The molecule has 0 fully saturated rings. The molecule has 3 aromatic rings. The van der Waals surface area contributed by atoms with E-state index in [4.69, 9.17) is 0 Å². The van der Waals surface area contributed by atoms with E-state index in [1.807, 2.05) is 32.0 Å². The van der Waals surface area contributed by atoms with Gasteiger partial charge in [0.1, 0.15) is 0 Å². The molecule has 22 heavy (non-hydrogen) atoms. The lowest BCUT2D eigenvalue weighted by Crippen LogP contribution is -2.13. The number of nitrogens with one attached hydrogen (secondary N) is 1. The maximum absolute atomic E-state index is 12.5. The fraction of sp³-hybridized carbons (Fsp3) is 0.222. The van der Waals surface area contributed by atoms with Gasteiger partial charge in [0, 0.05) is 5.56 Å². The smallest absolute Gasteiger partial charge is 0.257 e. The van der Waals surface area contributed by atoms with Crippen LogP contribution < -0.4 is 5.32 Å². The Kier molecular flexibility index (Phi) is 3.71. The normalized spacial score (nSPS) is 10.9. The molecule has 0 aliphatic heterocycles. The SMILES string of the molecule is Cc1ccc(C)c(C(=O)Nc2nc3cc(C)c(C)cc3s2)c1. The molecule has 0 atom stereocenters. The lowest BCUT2D eigenvalue weighted by molar-refractivity contribution is 0.102. The minimum absolute atomic E-state index is 0.103. The first kappa shape index (κ1) is 14.7. The Morgan fingerprint density at radius 3 is 2.50 bits per heavy atom. The highest BCUT2D eigenvalue weighted by molar-refractivity contribution is 7.22. The number of hydrogen-bond donors (Lipinski definition) is 1. The van der Waals surface area contributed by atoms with E-state index in [9.17, 15) is 4.79 Å². The molecular weight excluding hydrogens is 292 g/mol. The van der Waals surface area contributed by atoms with Gasteiger partial charge in [-0.15, -0.1) is 0 Å². The highest BCUT2D eigenvalue weighted by Gasteiger charge is 2.12. The average molecular weight is 310 g/mol. The number of benzene rings is 2. The predicted octanol–water partition coefficient (Wildman–Crippen LogP) is 4.78. The number of carbonyl (C=O) groups excluding carboxylic acids is 1. The molecule has 0 radical (unpaired) electrons. The third-order valence-electron chi connectivity index (χ3n) is 3.86. The van der Waals surface area contributed by atoms with Crippen LogP contribution in [0.5, 0.6) is 0 Å². The van der Waals surface area contributed by atoms with Crippen LogP contribution in [-0.4, -0.2) is 10.9 Å². The van der Waals surface area contributed by atoms with Crippen molar-refractivity contribution in [2.24, 2.45) is 0 Å². The lowest BCUT2D eigenvalue weighted by Gasteiger charge is -2.06. The van der Waals surface area contributed by atoms with Gasteiger partial charge in [-0.2, -0.15) is 0 Å². The molecule has 1 heterocycles. The molecule has 0 saturated carbocycles. The van der Waals surface area contributed by atoms with Crippen molar-refractivity contribution in [2.45, 2.75) is 27.7 Å². The molecule has 0 aliphatic rings. The zero-order chi connectivity index (χ0) is 15.9. The van der Waals surface area contributed by atoms with Crippen LogP contribution >= 0.6 is 11.3 Å². The van der Waals surface area contributed by atoms with Gasteiger partial charge in [-0.3, -0.25) is 10.1 Å². The van der Waals surface area contributed by atoms with Crippen LogP contribution in [0.15, 0.2) is 30.3 Å². The Hall–Kier alpha value is -2.20. The number of thiazole rings is 1. The first-order chi connectivity index (χ1) is 10.4. The van der Waals surface area contributed by atoms with Crippen molar-refractivity contribution in [2.75, 3.05) is 5.32 Å². The molecular formula is C18H18N2OS. The molecule has 0 saturated heterocycles. The zero-order valence-electron chi connectivity index (χ0n) is 13.2. The van der Waals surface area contributed by atoms with Gasteiger partial charge in [-0.05, 0) is 62.6 Å². The van der Waals surface area contributed by atoms with Crippen LogP contribution in [0.4, 0.5) is 5.13 Å². The molecule has 0 spiro atoms. The molecule has 3 nitrogen and oxygen atoms in total. The van der Waals surface area contributed by atoms with Crippen molar-refractivity contribution in [1.82, 2.24) is 4.98 Å². The second-order valence-corrected chi connectivity index (χ2v) is 6.73. The summed E-state index contributed by atoms with van der Waals surface area (Å²) in [5, 5.41) is 3.57. The summed E-state index contributed by atoms with van der Waals surface area (Å²) >= 11 is 1.51. The summed E-state index contributed by atoms with van der Waals surface area (Å²) < 4.78 is 1.10. The summed E-state index contributed by atoms with van der Waals surface area (Å²) in [4.78, 5) is 17.0. The summed E-state index contributed by atoms with van der Waals surface area (Å²) in [6.07, 6.45) is 0. The Morgan fingerprint density at radius 1 is 1.00 bits per heavy atom. The summed E-state index contributed by atoms with van der Waals surface area (Å²) in [5.74, 6) is -0.103. The van der Waals surface area contributed by atoms with Crippen molar-refractivity contribution < 1.29 is 4.79 Å². The number of fused-ring (bicyclic) bond motifs is 1. The minimum atomic E-state index is -0.103. The Bertz CT molecular complexity index is 841. The van der Waals surface area contributed by atoms with Gasteiger partial charge >= 0.3 is 0 Å². The molecule has 4 heteroatoms. The van der Waals surface area contributed by atoms with Crippen LogP contribution in [0, 0.1) is 27.7 Å². The highest BCUT2D eigenvalue weighted by atomic mass is 32.1. The highest BCUT2D eigenvalue weighted by Crippen LogP contribution is 2.28. The Labute approximate surface area is 134 Å². The fourth-order valence-corrected chi connectivity index (χ4v) is 3.32. The van der Waals surface area contributed by atoms with Gasteiger partial charge in [-0.1, -0.05) is 29.0 Å². The maximum atomic E-state index is 12.5. The maximum Gasteiger partial charge on any atom is 0.257 e. The summed E-state index contributed by atoms with van der Waals surface area (Å²) in [6.45, 7) is 8.09. The first-order valence-electron chi connectivity index (χ1n) is 7.20. The van der Waals surface area contributed by atoms with E-state index in [1.165, 1.54) is 22.5 Å². The monoisotopic (exact) mass is 310 g/mol. The zero-order valence-corrected chi connectivity index (χ0v) is 14.0. The van der Waals surface area contributed by atoms with E-state index in [0.717, 1.165) is 21.3 Å². The number of hydrogen-bond acceptors (Lipinski definition) is 3. The minimum Gasteiger partial charge on any atom is -0.298 e. The van der Waals surface area contributed by atoms with Gasteiger partial charge < -0.3 is 0 Å². The predicted molar refractivity (Wildman–Crippen MR) is 93.0 cm³/mol. The number of rotatable bonds is 2. The first-order valence-corrected chi connectivity index (χ1v) is 8.02. The van der Waals surface area contributed by atoms with Gasteiger partial charge in [0.15, 0.2) is 5.13 Å². The Morgan fingerprint density at radius 2 is 1.73 bits per heavy atom. The molecule has 112 valence electrons. The summed E-state index contributed by atoms with van der Waals surface area (Å²) in [6, 6.07) is 10.1. The number of carbonyl (C=O) groups is 1. The Balaban J connectivity index is 1.92. The number of aromatic nitrogens is 1. The number of anilines is 1. The molecule has 1 aromatic heterocycles. The van der Waals surface area contributed by atoms with Crippen LogP contribution in [0.3, 0.4) is 0 Å². The molecule has 2 aromatic carbocycles. The third kappa shape index (κ3) is 2.74. The van der Waals surface area contributed by atoms with Crippen molar-refractivity contribution in [3.05, 3.63) is 58.1 Å². The summed E-state index contributed by atoms with van der Waals surface area (Å²) in [5.41, 5.74) is 6.13. The molecule has 0 unspecified atom stereocenters. The van der Waals surface area contributed by atoms with Crippen molar-refractivity contribution >= 4 is 32.6 Å². The van der Waals surface area contributed by atoms with E-state index in [0.29, 0.717) is 10.7 Å². The second kappa shape index (κ2) is 5.54. The van der Waals surface area contributed by atoms with E-state index in [-0.39, 0.29) is 5.91 Å². The van der Waals surface area contributed by atoms with Gasteiger partial charge in [0.25, 0.3) is 5.91 Å². The van der Waals surface area contributed by atoms with Gasteiger partial charge in [-0.25, -0.2) is 4.98 Å². The number of nitrogens with zero attached hydrogens (tertiary/aromatic N) is 1. The van der Waals surface area contributed by atoms with E-state index in [1.54, 1.807) is 0 Å². The summed E-state index contributed by atoms with van der Waals surface area (Å²) in [7, 11) is 0. The van der Waals surface area contributed by atoms with Crippen LogP contribution in [0.25, 0.3) is 10.2 Å². The van der Waals surface area contributed by atoms with Crippen LogP contribution in [0.2, 0.25) is 0 Å². The standard InChI is InChI=1S/C18H18N2OS/c1-10-5-6-11(2)14(7-10)17(21)20-18-19-15-8-12(3)13(4)9-16(15)22-18/h5-9H,1-4H3,(H,19,20,21). The fourth-order valence-electron chi connectivity index (χ4n) is 2.38. The molecule has 3 rings (SSSR count). The molecule has 1 N–H and O–H groups in total.